The Morgan fingerprint density at radius 2 is 2.10 bits per heavy atom. The van der Waals surface area contributed by atoms with Gasteiger partial charge in [0.25, 0.3) is 0 Å². The molecule has 0 N–H and O–H groups in total. The zero-order chi connectivity index (χ0) is 21.6. The van der Waals surface area contributed by atoms with Crippen LogP contribution in [0.4, 0.5) is 0 Å². The highest BCUT2D eigenvalue weighted by Gasteiger charge is 2.23. The van der Waals surface area contributed by atoms with Crippen molar-refractivity contribution in [1.82, 2.24) is 14.9 Å². The molecule has 0 radical (unpaired) electrons. The monoisotopic (exact) mass is 421 g/mol. The van der Waals surface area contributed by atoms with Gasteiger partial charge in [0.2, 0.25) is 5.89 Å². The van der Waals surface area contributed by atoms with Crippen molar-refractivity contribution in [1.29, 1.82) is 0 Å². The van der Waals surface area contributed by atoms with Crippen molar-refractivity contribution in [3.8, 4) is 11.5 Å². The molecule has 2 aromatic heterocycles. The first-order valence-electron chi connectivity index (χ1n) is 10.5. The van der Waals surface area contributed by atoms with E-state index in [1.54, 1.807) is 18.3 Å². The molecule has 0 amide bonds. The first kappa shape index (κ1) is 21.2. The highest BCUT2D eigenvalue weighted by molar-refractivity contribution is 5.89. The zero-order valence-corrected chi connectivity index (χ0v) is 17.9. The van der Waals surface area contributed by atoms with Gasteiger partial charge in [-0.3, -0.25) is 9.88 Å². The van der Waals surface area contributed by atoms with Crippen LogP contribution >= 0.6 is 0 Å². The summed E-state index contributed by atoms with van der Waals surface area (Å²) < 4.78 is 16.8. The van der Waals surface area contributed by atoms with Crippen LogP contribution in [0, 0.1) is 6.92 Å². The van der Waals surface area contributed by atoms with Gasteiger partial charge in [-0.25, -0.2) is 9.78 Å². The van der Waals surface area contributed by atoms with E-state index in [-0.39, 0.29) is 12.1 Å². The summed E-state index contributed by atoms with van der Waals surface area (Å²) in [7, 11) is 1.37. The Kier molecular flexibility index (Phi) is 6.74. The number of aryl methyl sites for hydroxylation is 1. The van der Waals surface area contributed by atoms with E-state index in [0.29, 0.717) is 18.1 Å². The molecular weight excluding hydrogens is 394 g/mol. The molecule has 3 heterocycles. The SMILES string of the molecule is COC(=O)c1ccc(-c2nc(CN3CCC[C@H](OCc4cccnc4)C3)c(C)o2)cc1. The molecule has 7 nitrogen and oxygen atoms in total. The number of ether oxygens (including phenoxy) is 2. The number of benzene rings is 1. The normalized spacial score (nSPS) is 16.9. The lowest BCUT2D eigenvalue weighted by Crippen LogP contribution is -2.39. The van der Waals surface area contributed by atoms with Crippen LogP contribution in [0.3, 0.4) is 0 Å². The summed E-state index contributed by atoms with van der Waals surface area (Å²) in [6, 6.07) is 11.0. The van der Waals surface area contributed by atoms with Crippen molar-refractivity contribution in [3.05, 3.63) is 71.4 Å². The molecule has 3 aromatic rings. The number of methoxy groups -OCH3 is 1. The fourth-order valence-corrected chi connectivity index (χ4v) is 3.77. The molecule has 0 unspecified atom stereocenters. The first-order chi connectivity index (χ1) is 15.1. The predicted molar refractivity (Wildman–Crippen MR) is 115 cm³/mol. The summed E-state index contributed by atoms with van der Waals surface area (Å²) in [6.45, 7) is 5.14. The van der Waals surface area contributed by atoms with E-state index >= 15 is 0 Å². The zero-order valence-electron chi connectivity index (χ0n) is 17.9. The molecule has 0 aliphatic carbocycles. The maximum absolute atomic E-state index is 11.6. The van der Waals surface area contributed by atoms with E-state index in [0.717, 1.165) is 55.1 Å². The molecule has 7 heteroatoms. The van der Waals surface area contributed by atoms with Crippen LogP contribution in [-0.2, 0) is 22.6 Å². The van der Waals surface area contributed by atoms with Crippen molar-refractivity contribution in [2.45, 2.75) is 39.0 Å². The van der Waals surface area contributed by atoms with Crippen LogP contribution in [0.15, 0.2) is 53.2 Å². The van der Waals surface area contributed by atoms with Crippen molar-refractivity contribution >= 4 is 5.97 Å². The maximum atomic E-state index is 11.6. The molecule has 0 spiro atoms. The number of oxazole rings is 1. The summed E-state index contributed by atoms with van der Waals surface area (Å²) in [5.41, 5.74) is 3.36. The number of hydrogen-bond acceptors (Lipinski definition) is 7. The standard InChI is InChI=1S/C24H27N3O4/c1-17-22(26-23(31-17)19-7-9-20(10-8-19)24(28)29-2)15-27-12-4-6-21(14-27)30-16-18-5-3-11-25-13-18/h3,5,7-11,13,21H,4,6,12,14-16H2,1-2H3/t21-/m0/s1. The van der Waals surface area contributed by atoms with Crippen molar-refractivity contribution in [2.24, 2.45) is 0 Å². The highest BCUT2D eigenvalue weighted by atomic mass is 16.5. The van der Waals surface area contributed by atoms with Gasteiger partial charge >= 0.3 is 5.97 Å². The highest BCUT2D eigenvalue weighted by Crippen LogP contribution is 2.24. The number of aromatic nitrogens is 2. The van der Waals surface area contributed by atoms with Gasteiger partial charge in [0.05, 0.1) is 31.1 Å². The number of nitrogens with zero attached hydrogens (tertiary/aromatic N) is 3. The van der Waals surface area contributed by atoms with Gasteiger partial charge < -0.3 is 13.9 Å². The van der Waals surface area contributed by atoms with Gasteiger partial charge in [-0.2, -0.15) is 0 Å². The number of piperidine rings is 1. The van der Waals surface area contributed by atoms with E-state index in [2.05, 4.69) is 9.88 Å². The van der Waals surface area contributed by atoms with Crippen LogP contribution in [0.2, 0.25) is 0 Å². The Balaban J connectivity index is 1.37. The summed E-state index contributed by atoms with van der Waals surface area (Å²) in [4.78, 5) is 22.8. The third-order valence-corrected chi connectivity index (χ3v) is 5.49. The van der Waals surface area contributed by atoms with Gasteiger partial charge in [-0.1, -0.05) is 6.07 Å². The van der Waals surface area contributed by atoms with Crippen molar-refractivity contribution in [2.75, 3.05) is 20.2 Å². The molecule has 162 valence electrons. The molecule has 1 atom stereocenters. The molecule has 1 aromatic carbocycles. The number of esters is 1. The van der Waals surface area contributed by atoms with Crippen LogP contribution < -0.4 is 0 Å². The first-order valence-corrected chi connectivity index (χ1v) is 10.5. The van der Waals surface area contributed by atoms with Crippen LogP contribution in [-0.4, -0.2) is 47.1 Å². The number of carbonyl (C=O) groups is 1. The maximum Gasteiger partial charge on any atom is 0.337 e. The van der Waals surface area contributed by atoms with Crippen LogP contribution in [0.1, 0.15) is 40.2 Å². The van der Waals surface area contributed by atoms with Gasteiger partial charge in [0.1, 0.15) is 5.76 Å². The molecule has 1 aliphatic heterocycles. The second kappa shape index (κ2) is 9.85. The molecule has 0 bridgehead atoms. The Hall–Kier alpha value is -3.03. The summed E-state index contributed by atoms with van der Waals surface area (Å²) >= 11 is 0. The minimum Gasteiger partial charge on any atom is -0.465 e. The smallest absolute Gasteiger partial charge is 0.337 e. The van der Waals surface area contributed by atoms with E-state index in [9.17, 15) is 4.79 Å². The van der Waals surface area contributed by atoms with Gasteiger partial charge in [-0.05, 0) is 62.2 Å². The average Bonchev–Trinajstić information content (AvgIpc) is 3.18. The van der Waals surface area contributed by atoms with Crippen molar-refractivity contribution in [3.63, 3.8) is 0 Å². The number of likely N-dealkylation sites (tertiary alicyclic amines) is 1. The molecular formula is C24H27N3O4. The number of carbonyl (C=O) groups excluding carboxylic acids is 1. The van der Waals surface area contributed by atoms with Crippen molar-refractivity contribution < 1.29 is 18.7 Å². The topological polar surface area (TPSA) is 77.7 Å². The van der Waals surface area contributed by atoms with E-state index in [4.69, 9.17) is 18.9 Å². The quantitative estimate of drug-likeness (QED) is 0.533. The van der Waals surface area contributed by atoms with E-state index in [1.807, 2.05) is 37.4 Å². The average molecular weight is 421 g/mol. The lowest BCUT2D eigenvalue weighted by atomic mass is 10.1. The molecule has 1 saturated heterocycles. The van der Waals surface area contributed by atoms with E-state index < -0.39 is 0 Å². The molecule has 4 rings (SSSR count). The Morgan fingerprint density at radius 1 is 1.26 bits per heavy atom. The fraction of sp³-hybridized carbons (Fsp3) is 0.375. The second-order valence-corrected chi connectivity index (χ2v) is 7.76. The largest absolute Gasteiger partial charge is 0.465 e. The van der Waals surface area contributed by atoms with Crippen LogP contribution in [0.5, 0.6) is 0 Å². The lowest BCUT2D eigenvalue weighted by Gasteiger charge is -2.32. The summed E-state index contributed by atoms with van der Waals surface area (Å²) in [5, 5.41) is 0. The van der Waals surface area contributed by atoms with Gasteiger partial charge in [0.15, 0.2) is 0 Å². The Bertz CT molecular complexity index is 1000. The predicted octanol–water partition coefficient (Wildman–Crippen LogP) is 4.01. The summed E-state index contributed by atoms with van der Waals surface area (Å²) in [5.74, 6) is 1.01. The minimum atomic E-state index is -0.360. The lowest BCUT2D eigenvalue weighted by molar-refractivity contribution is -0.0124. The molecule has 1 aliphatic rings. The number of rotatable bonds is 7. The van der Waals surface area contributed by atoms with Crippen LogP contribution in [0.25, 0.3) is 11.5 Å². The number of hydrogen-bond donors (Lipinski definition) is 0. The minimum absolute atomic E-state index is 0.200. The second-order valence-electron chi connectivity index (χ2n) is 7.76. The van der Waals surface area contributed by atoms with E-state index in [1.165, 1.54) is 7.11 Å². The fourth-order valence-electron chi connectivity index (χ4n) is 3.77. The third-order valence-electron chi connectivity index (χ3n) is 5.49. The summed E-state index contributed by atoms with van der Waals surface area (Å²) in [6.07, 6.45) is 5.97. The Labute approximate surface area is 182 Å². The molecule has 0 saturated carbocycles. The van der Waals surface area contributed by atoms with Gasteiger partial charge in [0, 0.05) is 31.0 Å². The third kappa shape index (κ3) is 5.37. The number of pyridine rings is 1. The van der Waals surface area contributed by atoms with Gasteiger partial charge in [-0.15, -0.1) is 0 Å². The Morgan fingerprint density at radius 3 is 2.84 bits per heavy atom. The molecule has 31 heavy (non-hydrogen) atoms. The molecule has 1 fully saturated rings.